The van der Waals surface area contributed by atoms with Crippen LogP contribution < -0.4 is 10.5 Å². The van der Waals surface area contributed by atoms with E-state index in [-0.39, 0.29) is 28.5 Å². The Morgan fingerprint density at radius 1 is 1.48 bits per heavy atom. The number of rotatable bonds is 10. The summed E-state index contributed by atoms with van der Waals surface area (Å²) in [5, 5.41) is 11.5. The van der Waals surface area contributed by atoms with Gasteiger partial charge in [0.25, 0.3) is 5.69 Å². The zero-order valence-electron chi connectivity index (χ0n) is 15.9. The molecular formula is C16H20N4O6S3. The fourth-order valence-electron chi connectivity index (χ4n) is 2.37. The maximum absolute atomic E-state index is 12.5. The van der Waals surface area contributed by atoms with Crippen LogP contribution in [0.5, 0.6) is 0 Å². The SMILES string of the molecule is COCC(C)NS(=O)(=O)c1ccc(Sc2nc(C)c(CC(N)=O)s2)c([N+](=O)[O-])c1. The zero-order valence-corrected chi connectivity index (χ0v) is 18.3. The minimum Gasteiger partial charge on any atom is -0.383 e. The normalized spacial score (nSPS) is 12.7. The second-order valence-electron chi connectivity index (χ2n) is 6.10. The van der Waals surface area contributed by atoms with E-state index in [4.69, 9.17) is 10.5 Å². The number of hydrogen-bond donors (Lipinski definition) is 2. The third-order valence-corrected chi connectivity index (χ3v) is 7.49. The Hall–Kier alpha value is -2.06. The number of primary amides is 1. The van der Waals surface area contributed by atoms with Crippen LogP contribution in [0.4, 0.5) is 5.69 Å². The third kappa shape index (κ3) is 6.21. The molecule has 1 amide bonds. The lowest BCUT2D eigenvalue weighted by molar-refractivity contribution is -0.388. The zero-order chi connectivity index (χ0) is 21.8. The Bertz CT molecular complexity index is 1020. The predicted octanol–water partition coefficient (Wildman–Crippen LogP) is 1.85. The number of aryl methyl sites for hydroxylation is 1. The Balaban J connectivity index is 2.33. The number of nitrogens with one attached hydrogen (secondary N) is 1. The number of sulfonamides is 1. The Morgan fingerprint density at radius 2 is 2.17 bits per heavy atom. The molecule has 0 spiro atoms. The van der Waals surface area contributed by atoms with Gasteiger partial charge in [0, 0.05) is 24.1 Å². The van der Waals surface area contributed by atoms with Crippen LogP contribution >= 0.6 is 23.1 Å². The highest BCUT2D eigenvalue weighted by atomic mass is 32.2. The van der Waals surface area contributed by atoms with E-state index >= 15 is 0 Å². The summed E-state index contributed by atoms with van der Waals surface area (Å²) in [5.74, 6) is -0.496. The highest BCUT2D eigenvalue weighted by Crippen LogP contribution is 2.38. The van der Waals surface area contributed by atoms with Crippen molar-refractivity contribution < 1.29 is 22.9 Å². The molecule has 1 unspecified atom stereocenters. The Labute approximate surface area is 176 Å². The van der Waals surface area contributed by atoms with E-state index in [2.05, 4.69) is 9.71 Å². The molecule has 0 radical (unpaired) electrons. The summed E-state index contributed by atoms with van der Waals surface area (Å²) in [6.45, 7) is 3.50. The van der Waals surface area contributed by atoms with Crippen molar-refractivity contribution in [1.82, 2.24) is 9.71 Å². The summed E-state index contributed by atoms with van der Waals surface area (Å²) in [5.41, 5.74) is 5.46. The van der Waals surface area contributed by atoms with Crippen molar-refractivity contribution in [2.24, 2.45) is 5.73 Å². The number of ether oxygens (including phenoxy) is 1. The Morgan fingerprint density at radius 3 is 2.76 bits per heavy atom. The van der Waals surface area contributed by atoms with E-state index in [1.807, 2.05) is 0 Å². The van der Waals surface area contributed by atoms with Crippen LogP contribution in [-0.2, 0) is 26.0 Å². The summed E-state index contributed by atoms with van der Waals surface area (Å²) >= 11 is 2.24. The topological polar surface area (TPSA) is 155 Å². The molecule has 1 heterocycles. The number of carbonyl (C=O) groups excluding carboxylic acids is 1. The molecule has 0 saturated carbocycles. The van der Waals surface area contributed by atoms with E-state index in [1.165, 1.54) is 30.6 Å². The average molecular weight is 461 g/mol. The first-order valence-corrected chi connectivity index (χ1v) is 11.4. The smallest absolute Gasteiger partial charge is 0.284 e. The van der Waals surface area contributed by atoms with Crippen molar-refractivity contribution in [2.75, 3.05) is 13.7 Å². The fourth-order valence-corrected chi connectivity index (χ4v) is 5.90. The highest BCUT2D eigenvalue weighted by Gasteiger charge is 2.24. The molecule has 0 aliphatic rings. The molecule has 1 aromatic carbocycles. The molecule has 0 aliphatic carbocycles. The first-order chi connectivity index (χ1) is 13.5. The van der Waals surface area contributed by atoms with Gasteiger partial charge in [0.15, 0.2) is 4.34 Å². The monoisotopic (exact) mass is 460 g/mol. The van der Waals surface area contributed by atoms with Gasteiger partial charge >= 0.3 is 0 Å². The van der Waals surface area contributed by atoms with E-state index < -0.39 is 26.9 Å². The number of hydrogen-bond acceptors (Lipinski definition) is 9. The van der Waals surface area contributed by atoms with Crippen molar-refractivity contribution in [3.05, 3.63) is 38.9 Å². The van der Waals surface area contributed by atoms with Crippen molar-refractivity contribution >= 4 is 44.7 Å². The first kappa shape index (κ1) is 23.2. The quantitative estimate of drug-likeness (QED) is 0.402. The van der Waals surface area contributed by atoms with Gasteiger partial charge in [-0.2, -0.15) is 0 Å². The molecule has 0 aliphatic heterocycles. The van der Waals surface area contributed by atoms with E-state index in [0.717, 1.165) is 17.8 Å². The number of nitrogens with zero attached hydrogens (tertiary/aromatic N) is 2. The maximum Gasteiger partial charge on any atom is 0.284 e. The second kappa shape index (κ2) is 9.63. The van der Waals surface area contributed by atoms with Crippen LogP contribution in [0.15, 0.2) is 32.3 Å². The number of nitrogens with two attached hydrogens (primary N) is 1. The molecule has 2 rings (SSSR count). The van der Waals surface area contributed by atoms with Gasteiger partial charge in [0.05, 0.1) is 33.4 Å². The summed E-state index contributed by atoms with van der Waals surface area (Å²) in [4.78, 5) is 27.0. The molecule has 10 nitrogen and oxygen atoms in total. The van der Waals surface area contributed by atoms with Crippen molar-refractivity contribution in [3.8, 4) is 0 Å². The van der Waals surface area contributed by atoms with Gasteiger partial charge in [-0.3, -0.25) is 14.9 Å². The van der Waals surface area contributed by atoms with Gasteiger partial charge in [0.2, 0.25) is 15.9 Å². The summed E-state index contributed by atoms with van der Waals surface area (Å²) < 4.78 is 32.7. The van der Waals surface area contributed by atoms with Crippen molar-refractivity contribution in [1.29, 1.82) is 0 Å². The molecule has 0 saturated heterocycles. The second-order valence-corrected chi connectivity index (χ2v) is 10.2. The molecule has 1 aromatic heterocycles. The van der Waals surface area contributed by atoms with Gasteiger partial charge in [-0.05, 0) is 26.0 Å². The number of thiazole rings is 1. The van der Waals surface area contributed by atoms with Crippen LogP contribution in [0.2, 0.25) is 0 Å². The number of nitro benzene ring substituents is 1. The number of methoxy groups -OCH3 is 1. The lowest BCUT2D eigenvalue weighted by atomic mass is 10.3. The van der Waals surface area contributed by atoms with Gasteiger partial charge in [-0.25, -0.2) is 18.1 Å². The number of carbonyl (C=O) groups is 1. The minimum atomic E-state index is -3.95. The van der Waals surface area contributed by atoms with Gasteiger partial charge in [0.1, 0.15) is 0 Å². The van der Waals surface area contributed by atoms with Gasteiger partial charge in [-0.1, -0.05) is 11.8 Å². The van der Waals surface area contributed by atoms with Crippen LogP contribution in [0.3, 0.4) is 0 Å². The summed E-state index contributed by atoms with van der Waals surface area (Å²) in [7, 11) is -2.51. The molecule has 29 heavy (non-hydrogen) atoms. The molecule has 2 aromatic rings. The van der Waals surface area contributed by atoms with E-state index in [9.17, 15) is 23.3 Å². The number of amides is 1. The van der Waals surface area contributed by atoms with Crippen LogP contribution in [0.25, 0.3) is 0 Å². The third-order valence-electron chi connectivity index (χ3n) is 3.62. The standard InChI is InChI=1S/C16H20N4O6S3/c1-9(8-26-3)19-29(24,25)11-4-5-13(12(6-11)20(22)23)27-16-18-10(2)14(28-16)7-15(17)21/h4-6,9,19H,7-8H2,1-3H3,(H2,17,21). The van der Waals surface area contributed by atoms with Crippen LogP contribution in [0.1, 0.15) is 17.5 Å². The molecule has 0 bridgehead atoms. The first-order valence-electron chi connectivity index (χ1n) is 8.25. The highest BCUT2D eigenvalue weighted by molar-refractivity contribution is 8.01. The number of benzene rings is 1. The molecule has 1 atom stereocenters. The van der Waals surface area contributed by atoms with E-state index in [1.54, 1.807) is 13.8 Å². The average Bonchev–Trinajstić information content (AvgIpc) is 2.93. The Kier molecular flexibility index (Phi) is 7.71. The molecule has 13 heteroatoms. The van der Waals surface area contributed by atoms with Gasteiger partial charge < -0.3 is 10.5 Å². The van der Waals surface area contributed by atoms with Crippen LogP contribution in [-0.4, -0.2) is 44.0 Å². The molecule has 0 fully saturated rings. The van der Waals surface area contributed by atoms with Crippen molar-refractivity contribution in [3.63, 3.8) is 0 Å². The maximum atomic E-state index is 12.5. The van der Waals surface area contributed by atoms with Crippen molar-refractivity contribution in [2.45, 2.75) is 40.4 Å². The van der Waals surface area contributed by atoms with E-state index in [0.29, 0.717) is 14.9 Å². The summed E-state index contributed by atoms with van der Waals surface area (Å²) in [6, 6.07) is 3.17. The number of aromatic nitrogens is 1. The van der Waals surface area contributed by atoms with Crippen LogP contribution in [0, 0.1) is 17.0 Å². The molecule has 158 valence electrons. The predicted molar refractivity (Wildman–Crippen MR) is 109 cm³/mol. The number of nitro groups is 1. The largest absolute Gasteiger partial charge is 0.383 e. The van der Waals surface area contributed by atoms with Gasteiger partial charge in [-0.15, -0.1) is 11.3 Å². The lowest BCUT2D eigenvalue weighted by Gasteiger charge is -2.13. The summed E-state index contributed by atoms with van der Waals surface area (Å²) in [6.07, 6.45) is 0.0364. The fraction of sp³-hybridized carbons (Fsp3) is 0.375. The lowest BCUT2D eigenvalue weighted by Crippen LogP contribution is -2.35. The molecule has 3 N–H and O–H groups in total. The molecular weight excluding hydrogens is 440 g/mol. The minimum absolute atomic E-state index is 0.0364.